The van der Waals surface area contributed by atoms with E-state index in [9.17, 15) is 0 Å². The van der Waals surface area contributed by atoms with E-state index in [1.807, 2.05) is 34.9 Å². The zero-order valence-electron chi connectivity index (χ0n) is 8.41. The highest BCUT2D eigenvalue weighted by atomic mass is 15.2. The van der Waals surface area contributed by atoms with Crippen molar-refractivity contribution in [3.8, 4) is 11.4 Å². The Morgan fingerprint density at radius 2 is 1.88 bits per heavy atom. The molecule has 0 aliphatic rings. The number of hydrogen-bond acceptors (Lipinski definition) is 4. The third-order valence-electron chi connectivity index (χ3n) is 2.38. The number of fused-ring (bicyclic) bond motifs is 1. The van der Waals surface area contributed by atoms with Gasteiger partial charge in [-0.05, 0) is 24.3 Å². The van der Waals surface area contributed by atoms with Crippen molar-refractivity contribution < 1.29 is 0 Å². The van der Waals surface area contributed by atoms with Gasteiger partial charge in [0.1, 0.15) is 0 Å². The Morgan fingerprint density at radius 3 is 2.69 bits per heavy atom. The van der Waals surface area contributed by atoms with Crippen molar-refractivity contribution in [2.45, 2.75) is 0 Å². The van der Waals surface area contributed by atoms with Crippen molar-refractivity contribution in [2.24, 2.45) is 0 Å². The molecular weight excluding hydrogens is 202 g/mol. The first kappa shape index (κ1) is 8.84. The molecule has 0 radical (unpaired) electrons. The second-order valence-electron chi connectivity index (χ2n) is 3.45. The van der Waals surface area contributed by atoms with Gasteiger partial charge in [0.25, 0.3) is 0 Å². The van der Waals surface area contributed by atoms with Gasteiger partial charge in [0.2, 0.25) is 0 Å². The van der Waals surface area contributed by atoms with Crippen LogP contribution in [0.3, 0.4) is 0 Å². The van der Waals surface area contributed by atoms with Gasteiger partial charge in [-0.3, -0.25) is 9.38 Å². The van der Waals surface area contributed by atoms with E-state index in [-0.39, 0.29) is 0 Å². The molecule has 0 saturated carbocycles. The number of benzene rings is 1. The zero-order chi connectivity index (χ0) is 11.0. The Hall–Kier alpha value is -2.43. The summed E-state index contributed by atoms with van der Waals surface area (Å²) in [5, 5.41) is 8.16. The van der Waals surface area contributed by atoms with E-state index in [2.05, 4.69) is 15.2 Å². The molecule has 0 spiro atoms. The number of nitrogens with zero attached hydrogens (tertiary/aromatic N) is 4. The molecule has 2 N–H and O–H groups in total. The smallest absolute Gasteiger partial charge is 0.179 e. The number of aromatic nitrogens is 4. The summed E-state index contributed by atoms with van der Waals surface area (Å²) in [5.41, 5.74) is 8.09. The van der Waals surface area contributed by atoms with E-state index in [0.717, 1.165) is 22.7 Å². The van der Waals surface area contributed by atoms with Crippen LogP contribution in [0.4, 0.5) is 5.69 Å². The summed E-state index contributed by atoms with van der Waals surface area (Å²) in [6.07, 6.45) is 5.21. The molecule has 0 amide bonds. The summed E-state index contributed by atoms with van der Waals surface area (Å²) < 4.78 is 1.89. The van der Waals surface area contributed by atoms with Crippen molar-refractivity contribution in [3.63, 3.8) is 0 Å². The standard InChI is InChI=1S/C11H9N5/c12-9-3-1-8(2-4-9)11-15-14-10-7-13-5-6-16(10)11/h1-7H,12H2. The van der Waals surface area contributed by atoms with Crippen molar-refractivity contribution in [1.82, 2.24) is 19.6 Å². The molecule has 3 aromatic rings. The van der Waals surface area contributed by atoms with Crippen molar-refractivity contribution in [3.05, 3.63) is 42.9 Å². The van der Waals surface area contributed by atoms with Crippen LogP contribution in [0.15, 0.2) is 42.9 Å². The van der Waals surface area contributed by atoms with E-state index in [1.54, 1.807) is 12.4 Å². The van der Waals surface area contributed by atoms with E-state index in [4.69, 9.17) is 5.73 Å². The summed E-state index contributed by atoms with van der Waals surface area (Å²) in [7, 11) is 0. The van der Waals surface area contributed by atoms with Crippen LogP contribution >= 0.6 is 0 Å². The van der Waals surface area contributed by atoms with Crippen molar-refractivity contribution >= 4 is 11.3 Å². The van der Waals surface area contributed by atoms with Crippen LogP contribution in [0.25, 0.3) is 17.0 Å². The largest absolute Gasteiger partial charge is 0.399 e. The molecule has 3 rings (SSSR count). The number of nitrogen functional groups attached to an aromatic ring is 1. The Labute approximate surface area is 91.6 Å². The normalized spacial score (nSPS) is 10.8. The molecule has 5 heteroatoms. The van der Waals surface area contributed by atoms with Gasteiger partial charge in [-0.15, -0.1) is 10.2 Å². The summed E-state index contributed by atoms with van der Waals surface area (Å²) in [6.45, 7) is 0. The van der Waals surface area contributed by atoms with E-state index in [1.165, 1.54) is 0 Å². The molecule has 78 valence electrons. The molecule has 2 heterocycles. The van der Waals surface area contributed by atoms with Crippen LogP contribution in [-0.4, -0.2) is 19.6 Å². The number of nitrogens with two attached hydrogens (primary N) is 1. The lowest BCUT2D eigenvalue weighted by molar-refractivity contribution is 1.11. The highest BCUT2D eigenvalue weighted by Crippen LogP contribution is 2.18. The minimum Gasteiger partial charge on any atom is -0.399 e. The number of hydrogen-bond donors (Lipinski definition) is 1. The lowest BCUT2D eigenvalue weighted by Gasteiger charge is -1.99. The highest BCUT2D eigenvalue weighted by molar-refractivity contribution is 5.61. The van der Waals surface area contributed by atoms with Crippen molar-refractivity contribution in [1.29, 1.82) is 0 Å². The minimum atomic E-state index is 0.731. The van der Waals surface area contributed by atoms with Gasteiger partial charge in [0, 0.05) is 23.6 Å². The van der Waals surface area contributed by atoms with Crippen LogP contribution in [-0.2, 0) is 0 Å². The fraction of sp³-hybridized carbons (Fsp3) is 0. The Morgan fingerprint density at radius 1 is 1.06 bits per heavy atom. The maximum absolute atomic E-state index is 5.64. The second kappa shape index (κ2) is 3.30. The third kappa shape index (κ3) is 1.30. The Balaban J connectivity index is 2.22. The van der Waals surface area contributed by atoms with Gasteiger partial charge in [0.15, 0.2) is 11.5 Å². The molecule has 0 bridgehead atoms. The average Bonchev–Trinajstić information content (AvgIpc) is 2.74. The van der Waals surface area contributed by atoms with Crippen molar-refractivity contribution in [2.75, 3.05) is 5.73 Å². The SMILES string of the molecule is Nc1ccc(-c2nnc3cnccn23)cc1. The predicted octanol–water partition coefficient (Wildman–Crippen LogP) is 1.37. The monoisotopic (exact) mass is 211 g/mol. The predicted molar refractivity (Wildman–Crippen MR) is 60.6 cm³/mol. The third-order valence-corrected chi connectivity index (χ3v) is 2.38. The van der Waals surface area contributed by atoms with Crippen LogP contribution in [0, 0.1) is 0 Å². The molecule has 0 aliphatic carbocycles. The zero-order valence-corrected chi connectivity index (χ0v) is 8.41. The fourth-order valence-electron chi connectivity index (χ4n) is 1.58. The Kier molecular flexibility index (Phi) is 1.83. The molecule has 16 heavy (non-hydrogen) atoms. The molecule has 5 nitrogen and oxygen atoms in total. The molecule has 0 saturated heterocycles. The molecule has 1 aromatic carbocycles. The van der Waals surface area contributed by atoms with Crippen LogP contribution in [0.5, 0.6) is 0 Å². The lowest BCUT2D eigenvalue weighted by Crippen LogP contribution is -1.90. The summed E-state index contributed by atoms with van der Waals surface area (Å²) in [5.74, 6) is 0.789. The van der Waals surface area contributed by atoms with E-state index < -0.39 is 0 Å². The maximum atomic E-state index is 5.64. The molecular formula is C11H9N5. The first-order chi connectivity index (χ1) is 7.84. The van der Waals surface area contributed by atoms with Gasteiger partial charge in [0.05, 0.1) is 6.20 Å². The molecule has 2 aromatic heterocycles. The topological polar surface area (TPSA) is 69.1 Å². The van der Waals surface area contributed by atoms with Crippen LogP contribution < -0.4 is 5.73 Å². The van der Waals surface area contributed by atoms with E-state index in [0.29, 0.717) is 0 Å². The summed E-state index contributed by atoms with van der Waals surface area (Å²) >= 11 is 0. The first-order valence-corrected chi connectivity index (χ1v) is 4.85. The fourth-order valence-corrected chi connectivity index (χ4v) is 1.58. The van der Waals surface area contributed by atoms with Gasteiger partial charge in [-0.25, -0.2) is 0 Å². The van der Waals surface area contributed by atoms with Gasteiger partial charge in [-0.2, -0.15) is 0 Å². The summed E-state index contributed by atoms with van der Waals surface area (Å²) in [4.78, 5) is 3.99. The minimum absolute atomic E-state index is 0.731. The van der Waals surface area contributed by atoms with Gasteiger partial charge in [-0.1, -0.05) is 0 Å². The van der Waals surface area contributed by atoms with Crippen LogP contribution in [0.1, 0.15) is 0 Å². The highest BCUT2D eigenvalue weighted by Gasteiger charge is 2.06. The quantitative estimate of drug-likeness (QED) is 0.617. The molecule has 0 aliphatic heterocycles. The summed E-state index contributed by atoms with van der Waals surface area (Å²) in [6, 6.07) is 7.54. The van der Waals surface area contributed by atoms with Gasteiger partial charge < -0.3 is 5.73 Å². The number of anilines is 1. The first-order valence-electron chi connectivity index (χ1n) is 4.85. The Bertz CT molecular complexity index is 626. The molecule has 0 fully saturated rings. The van der Waals surface area contributed by atoms with E-state index >= 15 is 0 Å². The van der Waals surface area contributed by atoms with Crippen LogP contribution in [0.2, 0.25) is 0 Å². The number of rotatable bonds is 1. The second-order valence-corrected chi connectivity index (χ2v) is 3.45. The maximum Gasteiger partial charge on any atom is 0.179 e. The lowest BCUT2D eigenvalue weighted by atomic mass is 10.2. The molecule has 0 unspecified atom stereocenters. The average molecular weight is 211 g/mol. The van der Waals surface area contributed by atoms with Gasteiger partial charge >= 0.3 is 0 Å². The molecule has 0 atom stereocenters.